The maximum absolute atomic E-state index is 13.7. The van der Waals surface area contributed by atoms with Gasteiger partial charge >= 0.3 is 0 Å². The summed E-state index contributed by atoms with van der Waals surface area (Å²) in [7, 11) is 0. The molecular formula is C26H26FN5O2S. The summed E-state index contributed by atoms with van der Waals surface area (Å²) >= 11 is 1.66. The third-order valence-corrected chi connectivity index (χ3v) is 8.22. The van der Waals surface area contributed by atoms with Crippen molar-refractivity contribution < 1.29 is 9.18 Å². The number of carbonyl (C=O) groups is 1. The maximum Gasteiger partial charge on any atom is 0.259 e. The summed E-state index contributed by atoms with van der Waals surface area (Å²) in [5, 5.41) is 1.45. The lowest BCUT2D eigenvalue weighted by Gasteiger charge is -2.34. The number of amides is 1. The van der Waals surface area contributed by atoms with Crippen LogP contribution in [0.2, 0.25) is 0 Å². The second-order valence-corrected chi connectivity index (χ2v) is 10.5. The van der Waals surface area contributed by atoms with E-state index >= 15 is 0 Å². The fourth-order valence-corrected chi connectivity index (χ4v) is 6.57. The smallest absolute Gasteiger partial charge is 0.259 e. The normalized spacial score (nSPS) is 16.7. The molecule has 4 heterocycles. The minimum atomic E-state index is -0.366. The van der Waals surface area contributed by atoms with Gasteiger partial charge in [-0.15, -0.1) is 11.3 Å². The van der Waals surface area contributed by atoms with E-state index in [0.717, 1.165) is 29.5 Å². The summed E-state index contributed by atoms with van der Waals surface area (Å²) in [6.45, 7) is 4.88. The van der Waals surface area contributed by atoms with E-state index in [1.807, 2.05) is 11.8 Å². The molecule has 7 nitrogen and oxygen atoms in total. The Hall–Kier alpha value is -3.17. The lowest BCUT2D eigenvalue weighted by molar-refractivity contribution is 0.0627. The Kier molecular flexibility index (Phi) is 5.61. The molecule has 6 rings (SSSR count). The number of halogens is 1. The number of carbonyl (C=O) groups excluding carboxylic acids is 1. The van der Waals surface area contributed by atoms with Crippen LogP contribution in [0.5, 0.6) is 0 Å². The van der Waals surface area contributed by atoms with E-state index in [4.69, 9.17) is 4.98 Å². The molecule has 35 heavy (non-hydrogen) atoms. The van der Waals surface area contributed by atoms with Gasteiger partial charge in [0.1, 0.15) is 16.5 Å². The van der Waals surface area contributed by atoms with Crippen molar-refractivity contribution in [2.24, 2.45) is 0 Å². The van der Waals surface area contributed by atoms with Crippen LogP contribution in [0, 0.1) is 12.7 Å². The molecule has 1 aliphatic heterocycles. The van der Waals surface area contributed by atoms with Crippen LogP contribution in [0.4, 0.5) is 4.39 Å². The van der Waals surface area contributed by atoms with Crippen molar-refractivity contribution in [1.29, 1.82) is 0 Å². The molecule has 1 amide bonds. The molecule has 1 fully saturated rings. The summed E-state index contributed by atoms with van der Waals surface area (Å²) in [6, 6.07) is 6.13. The number of pyridine rings is 1. The molecule has 0 atom stereocenters. The van der Waals surface area contributed by atoms with Crippen molar-refractivity contribution in [3.63, 3.8) is 0 Å². The Morgan fingerprint density at radius 3 is 2.74 bits per heavy atom. The molecule has 0 unspecified atom stereocenters. The number of aromatic amines is 1. The standard InChI is InChI=1S/C26H26FN5O2S/c1-15-12-19(17-7-6-16(27)13-20(17)28-15)26(34)32-10-8-31(9-11-32)14-22-29-24(33)23-18-4-2-3-5-21(18)35-25(23)30-22/h6-7,12-13H,2-5,8-11,14H2,1H3,(H,29,30,33). The minimum Gasteiger partial charge on any atom is -0.336 e. The van der Waals surface area contributed by atoms with E-state index < -0.39 is 0 Å². The summed E-state index contributed by atoms with van der Waals surface area (Å²) < 4.78 is 13.7. The Labute approximate surface area is 205 Å². The van der Waals surface area contributed by atoms with E-state index in [1.54, 1.807) is 23.5 Å². The number of thiophene rings is 1. The molecule has 1 saturated heterocycles. The number of aryl methyl sites for hydroxylation is 3. The minimum absolute atomic E-state index is 0.0328. The predicted octanol–water partition coefficient (Wildman–Crippen LogP) is 3.82. The highest BCUT2D eigenvalue weighted by Crippen LogP contribution is 2.33. The average Bonchev–Trinajstić information content (AvgIpc) is 3.22. The molecule has 0 bridgehead atoms. The number of nitrogens with one attached hydrogen (secondary N) is 1. The monoisotopic (exact) mass is 491 g/mol. The molecule has 1 aromatic carbocycles. The number of piperazine rings is 1. The van der Waals surface area contributed by atoms with E-state index in [0.29, 0.717) is 60.7 Å². The van der Waals surface area contributed by atoms with Crippen molar-refractivity contribution in [2.45, 2.75) is 39.2 Å². The molecule has 4 aromatic rings. The first-order valence-corrected chi connectivity index (χ1v) is 12.9. The number of rotatable bonds is 3. The van der Waals surface area contributed by atoms with Gasteiger partial charge < -0.3 is 9.88 Å². The first kappa shape index (κ1) is 22.3. The number of benzene rings is 1. The molecule has 180 valence electrons. The van der Waals surface area contributed by atoms with Crippen LogP contribution in [0.1, 0.15) is 45.2 Å². The van der Waals surface area contributed by atoms with E-state index in [-0.39, 0.29) is 17.3 Å². The number of aromatic nitrogens is 3. The first-order valence-electron chi connectivity index (χ1n) is 12.1. The quantitative estimate of drug-likeness (QED) is 0.471. The number of nitrogens with zero attached hydrogens (tertiary/aromatic N) is 4. The zero-order valence-corrected chi connectivity index (χ0v) is 20.4. The van der Waals surface area contributed by atoms with Crippen LogP contribution in [-0.4, -0.2) is 56.8 Å². The Bertz CT molecular complexity index is 1510. The summed E-state index contributed by atoms with van der Waals surface area (Å²) in [5.74, 6) is 0.248. The van der Waals surface area contributed by atoms with Gasteiger partial charge in [0, 0.05) is 48.2 Å². The van der Waals surface area contributed by atoms with Gasteiger partial charge in [0.25, 0.3) is 11.5 Å². The third kappa shape index (κ3) is 4.12. The Morgan fingerprint density at radius 1 is 1.11 bits per heavy atom. The van der Waals surface area contributed by atoms with Gasteiger partial charge in [0.15, 0.2) is 0 Å². The topological polar surface area (TPSA) is 82.2 Å². The fraction of sp³-hybridized carbons (Fsp3) is 0.385. The number of H-pyrrole nitrogens is 1. The zero-order valence-electron chi connectivity index (χ0n) is 19.6. The molecule has 1 aliphatic carbocycles. The van der Waals surface area contributed by atoms with Crippen LogP contribution in [0.25, 0.3) is 21.1 Å². The number of hydrogen-bond donors (Lipinski definition) is 1. The lowest BCUT2D eigenvalue weighted by atomic mass is 9.97. The van der Waals surface area contributed by atoms with Gasteiger partial charge in [-0.25, -0.2) is 9.37 Å². The molecule has 3 aromatic heterocycles. The van der Waals surface area contributed by atoms with Crippen molar-refractivity contribution in [2.75, 3.05) is 26.2 Å². The molecule has 0 spiro atoms. The molecule has 9 heteroatoms. The Balaban J connectivity index is 1.17. The van der Waals surface area contributed by atoms with Crippen LogP contribution in [0.15, 0.2) is 29.1 Å². The van der Waals surface area contributed by atoms with E-state index in [2.05, 4.69) is 14.9 Å². The lowest BCUT2D eigenvalue weighted by Crippen LogP contribution is -2.48. The van der Waals surface area contributed by atoms with Gasteiger partial charge in [0.2, 0.25) is 0 Å². The van der Waals surface area contributed by atoms with Crippen LogP contribution >= 0.6 is 11.3 Å². The van der Waals surface area contributed by atoms with Gasteiger partial charge in [0.05, 0.1) is 23.0 Å². The van der Waals surface area contributed by atoms with Crippen molar-refractivity contribution in [3.8, 4) is 0 Å². The third-order valence-electron chi connectivity index (χ3n) is 7.04. The van der Waals surface area contributed by atoms with Gasteiger partial charge in [-0.3, -0.25) is 19.5 Å². The molecule has 0 saturated carbocycles. The molecule has 0 radical (unpaired) electrons. The SMILES string of the molecule is Cc1cc(C(=O)N2CCN(Cc3nc4sc5c(c4c(=O)[nH]3)CCCC5)CC2)c2ccc(F)cc2n1. The summed E-state index contributed by atoms with van der Waals surface area (Å²) in [4.78, 5) is 44.6. The molecule has 2 aliphatic rings. The van der Waals surface area contributed by atoms with Crippen LogP contribution < -0.4 is 5.56 Å². The molecule has 1 N–H and O–H groups in total. The van der Waals surface area contributed by atoms with Crippen molar-refractivity contribution in [1.82, 2.24) is 24.8 Å². The van der Waals surface area contributed by atoms with Crippen molar-refractivity contribution >= 4 is 38.4 Å². The average molecular weight is 492 g/mol. The summed E-state index contributed by atoms with van der Waals surface area (Å²) in [5.41, 5.74) is 2.90. The first-order chi connectivity index (χ1) is 17.0. The van der Waals surface area contributed by atoms with Gasteiger partial charge in [-0.05, 0) is 56.4 Å². The largest absolute Gasteiger partial charge is 0.336 e. The van der Waals surface area contributed by atoms with Crippen LogP contribution in [0.3, 0.4) is 0 Å². The predicted molar refractivity (Wildman–Crippen MR) is 135 cm³/mol. The number of hydrogen-bond acceptors (Lipinski definition) is 6. The van der Waals surface area contributed by atoms with E-state index in [1.165, 1.54) is 29.0 Å². The second-order valence-electron chi connectivity index (χ2n) is 9.44. The van der Waals surface area contributed by atoms with E-state index in [9.17, 15) is 14.0 Å². The van der Waals surface area contributed by atoms with Gasteiger partial charge in [-0.1, -0.05) is 0 Å². The Morgan fingerprint density at radius 2 is 1.91 bits per heavy atom. The highest BCUT2D eigenvalue weighted by atomic mass is 32.1. The zero-order chi connectivity index (χ0) is 24.1. The fourth-order valence-electron chi connectivity index (χ4n) is 5.29. The highest BCUT2D eigenvalue weighted by Gasteiger charge is 2.25. The second kappa shape index (κ2) is 8.80. The molecular weight excluding hydrogens is 465 g/mol. The van der Waals surface area contributed by atoms with Gasteiger partial charge in [-0.2, -0.15) is 0 Å². The van der Waals surface area contributed by atoms with Crippen LogP contribution in [-0.2, 0) is 19.4 Å². The maximum atomic E-state index is 13.7. The highest BCUT2D eigenvalue weighted by molar-refractivity contribution is 7.18. The number of fused-ring (bicyclic) bond motifs is 4. The van der Waals surface area contributed by atoms with Crippen molar-refractivity contribution in [3.05, 3.63) is 68.0 Å². The summed E-state index contributed by atoms with van der Waals surface area (Å²) in [6.07, 6.45) is 4.33.